The van der Waals surface area contributed by atoms with Gasteiger partial charge in [-0.05, 0) is 23.8 Å². The lowest BCUT2D eigenvalue weighted by atomic mass is 10.0. The molecule has 2 aromatic carbocycles. The van der Waals surface area contributed by atoms with E-state index in [2.05, 4.69) is 18.2 Å². The zero-order chi connectivity index (χ0) is 12.1. The summed E-state index contributed by atoms with van der Waals surface area (Å²) < 4.78 is 10.7. The van der Waals surface area contributed by atoms with E-state index in [0.717, 1.165) is 23.5 Å². The summed E-state index contributed by atoms with van der Waals surface area (Å²) in [4.78, 5) is 0. The van der Waals surface area contributed by atoms with Crippen molar-refractivity contribution >= 4 is 0 Å². The van der Waals surface area contributed by atoms with Crippen molar-refractivity contribution in [3.8, 4) is 11.5 Å². The molecule has 2 rings (SSSR count). The molecule has 87 valence electrons. The van der Waals surface area contributed by atoms with Gasteiger partial charge in [-0.2, -0.15) is 0 Å². The summed E-state index contributed by atoms with van der Waals surface area (Å²) in [6.07, 6.45) is 0.817. The Bertz CT molecular complexity index is 478. The molecule has 0 heterocycles. The van der Waals surface area contributed by atoms with Gasteiger partial charge in [-0.25, -0.2) is 0 Å². The third-order valence-electron chi connectivity index (χ3n) is 2.65. The number of hydrogen-bond acceptors (Lipinski definition) is 2. The number of hydrogen-bond donors (Lipinski definition) is 0. The van der Waals surface area contributed by atoms with Gasteiger partial charge in [0.25, 0.3) is 0 Å². The first-order valence-corrected chi connectivity index (χ1v) is 5.50. The van der Waals surface area contributed by atoms with E-state index in [0.29, 0.717) is 0 Å². The molecule has 0 unspecified atom stereocenters. The predicted octanol–water partition coefficient (Wildman–Crippen LogP) is 3.09. The number of rotatable bonds is 4. The van der Waals surface area contributed by atoms with E-state index in [1.807, 2.05) is 24.3 Å². The lowest BCUT2D eigenvalue weighted by Crippen LogP contribution is -1.97. The summed E-state index contributed by atoms with van der Waals surface area (Å²) in [5.41, 5.74) is 2.32. The van der Waals surface area contributed by atoms with Crippen LogP contribution in [0.5, 0.6) is 11.5 Å². The summed E-state index contributed by atoms with van der Waals surface area (Å²) in [7, 11) is 3.30. The van der Waals surface area contributed by atoms with Crippen LogP contribution < -0.4 is 9.47 Å². The van der Waals surface area contributed by atoms with Crippen LogP contribution in [0.2, 0.25) is 0 Å². The van der Waals surface area contributed by atoms with Crippen molar-refractivity contribution in [2.45, 2.75) is 6.42 Å². The number of ether oxygens (including phenoxy) is 2. The molecule has 0 aromatic heterocycles. The van der Waals surface area contributed by atoms with Gasteiger partial charge in [0.15, 0.2) is 11.5 Å². The molecule has 1 radical (unpaired) electrons. The highest BCUT2D eigenvalue weighted by molar-refractivity contribution is 5.47. The molecule has 2 aromatic rings. The molecule has 0 bridgehead atoms. The van der Waals surface area contributed by atoms with Gasteiger partial charge in [-0.1, -0.05) is 30.3 Å². The molecule has 0 N–H and O–H groups in total. The average Bonchev–Trinajstić information content (AvgIpc) is 2.39. The standard InChI is InChI=1S/C15H15O2/c1-16-14-10-6-9-13(15(14)17-2)11-12-7-4-3-5-8-12/h3-5,7-10H,11H2,1-2H3. The second-order valence-electron chi connectivity index (χ2n) is 3.74. The fourth-order valence-electron chi connectivity index (χ4n) is 1.84. The largest absolute Gasteiger partial charge is 0.493 e. The first-order valence-electron chi connectivity index (χ1n) is 5.50. The van der Waals surface area contributed by atoms with Gasteiger partial charge >= 0.3 is 0 Å². The van der Waals surface area contributed by atoms with Crippen LogP contribution in [0.25, 0.3) is 0 Å². The van der Waals surface area contributed by atoms with Crippen molar-refractivity contribution in [2.24, 2.45) is 0 Å². The van der Waals surface area contributed by atoms with Gasteiger partial charge in [-0.3, -0.25) is 0 Å². The maximum atomic E-state index is 5.39. The summed E-state index contributed by atoms with van der Waals surface area (Å²) in [6, 6.07) is 17.1. The molecule has 0 aliphatic heterocycles. The summed E-state index contributed by atoms with van der Waals surface area (Å²) in [6.45, 7) is 0. The third kappa shape index (κ3) is 2.59. The fourth-order valence-corrected chi connectivity index (χ4v) is 1.84. The lowest BCUT2D eigenvalue weighted by molar-refractivity contribution is 0.352. The molecule has 0 atom stereocenters. The minimum Gasteiger partial charge on any atom is -0.493 e. The summed E-state index contributed by atoms with van der Waals surface area (Å²) in [5, 5.41) is 0. The normalized spacial score (nSPS) is 10.0. The molecule has 0 saturated heterocycles. The van der Waals surface area contributed by atoms with Crippen LogP contribution in [-0.2, 0) is 6.42 Å². The Morgan fingerprint density at radius 1 is 1.00 bits per heavy atom. The SMILES string of the molecule is COc1c[c]cc(Cc2ccccc2)c1OC. The first-order chi connectivity index (χ1) is 8.35. The molecule has 0 fully saturated rings. The van der Waals surface area contributed by atoms with E-state index in [-0.39, 0.29) is 0 Å². The summed E-state index contributed by atoms with van der Waals surface area (Å²) in [5.74, 6) is 1.51. The van der Waals surface area contributed by atoms with Crippen LogP contribution in [0.4, 0.5) is 0 Å². The van der Waals surface area contributed by atoms with Crippen molar-refractivity contribution in [1.29, 1.82) is 0 Å². The van der Waals surface area contributed by atoms with Crippen molar-refractivity contribution in [2.75, 3.05) is 14.2 Å². The van der Waals surface area contributed by atoms with E-state index >= 15 is 0 Å². The van der Waals surface area contributed by atoms with Gasteiger partial charge in [0.2, 0.25) is 0 Å². The van der Waals surface area contributed by atoms with Gasteiger partial charge in [0.1, 0.15) is 0 Å². The van der Waals surface area contributed by atoms with E-state index in [1.165, 1.54) is 5.56 Å². The van der Waals surface area contributed by atoms with Crippen LogP contribution in [0, 0.1) is 6.07 Å². The monoisotopic (exact) mass is 227 g/mol. The third-order valence-corrected chi connectivity index (χ3v) is 2.65. The van der Waals surface area contributed by atoms with Crippen LogP contribution in [0.15, 0.2) is 42.5 Å². The van der Waals surface area contributed by atoms with E-state index in [1.54, 1.807) is 20.3 Å². The topological polar surface area (TPSA) is 18.5 Å². The van der Waals surface area contributed by atoms with Crippen LogP contribution in [0.3, 0.4) is 0 Å². The number of methoxy groups -OCH3 is 2. The predicted molar refractivity (Wildman–Crippen MR) is 67.6 cm³/mol. The highest BCUT2D eigenvalue weighted by Crippen LogP contribution is 2.31. The summed E-state index contributed by atoms with van der Waals surface area (Å²) >= 11 is 0. The maximum Gasteiger partial charge on any atom is 0.164 e. The van der Waals surface area contributed by atoms with Crippen molar-refractivity contribution in [3.63, 3.8) is 0 Å². The molecule has 0 aliphatic rings. The van der Waals surface area contributed by atoms with Crippen LogP contribution in [-0.4, -0.2) is 14.2 Å². The molecule has 2 nitrogen and oxygen atoms in total. The molecule has 17 heavy (non-hydrogen) atoms. The minimum absolute atomic E-state index is 0.723. The van der Waals surface area contributed by atoms with Gasteiger partial charge < -0.3 is 9.47 Å². The van der Waals surface area contributed by atoms with Crippen molar-refractivity contribution < 1.29 is 9.47 Å². The van der Waals surface area contributed by atoms with Crippen molar-refractivity contribution in [1.82, 2.24) is 0 Å². The highest BCUT2D eigenvalue weighted by Gasteiger charge is 2.09. The Labute approximate surface area is 102 Å². The smallest absolute Gasteiger partial charge is 0.164 e. The molecular formula is C15H15O2. The first kappa shape index (κ1) is 11.5. The van der Waals surface area contributed by atoms with Gasteiger partial charge in [0, 0.05) is 12.0 Å². The van der Waals surface area contributed by atoms with Gasteiger partial charge in [-0.15, -0.1) is 0 Å². The second kappa shape index (κ2) is 5.39. The fraction of sp³-hybridized carbons (Fsp3) is 0.200. The van der Waals surface area contributed by atoms with Crippen LogP contribution in [0.1, 0.15) is 11.1 Å². The number of benzene rings is 2. The molecule has 0 spiro atoms. The van der Waals surface area contributed by atoms with Crippen molar-refractivity contribution in [3.05, 3.63) is 59.7 Å². The van der Waals surface area contributed by atoms with E-state index < -0.39 is 0 Å². The Morgan fingerprint density at radius 3 is 2.41 bits per heavy atom. The molecular weight excluding hydrogens is 212 g/mol. The maximum absolute atomic E-state index is 5.39. The molecule has 2 heteroatoms. The zero-order valence-electron chi connectivity index (χ0n) is 10.1. The minimum atomic E-state index is 0.723. The van der Waals surface area contributed by atoms with E-state index in [4.69, 9.17) is 9.47 Å². The lowest BCUT2D eigenvalue weighted by Gasteiger charge is -2.12. The molecule has 0 amide bonds. The Balaban J connectivity index is 2.33. The Morgan fingerprint density at radius 2 is 1.76 bits per heavy atom. The average molecular weight is 227 g/mol. The highest BCUT2D eigenvalue weighted by atomic mass is 16.5. The second-order valence-corrected chi connectivity index (χ2v) is 3.74. The van der Waals surface area contributed by atoms with Crippen LogP contribution >= 0.6 is 0 Å². The Kier molecular flexibility index (Phi) is 3.66. The Hall–Kier alpha value is -1.96. The molecule has 0 aliphatic carbocycles. The van der Waals surface area contributed by atoms with Gasteiger partial charge in [0.05, 0.1) is 14.2 Å². The van der Waals surface area contributed by atoms with E-state index in [9.17, 15) is 0 Å². The molecule has 0 saturated carbocycles. The zero-order valence-corrected chi connectivity index (χ0v) is 10.1. The quantitative estimate of drug-likeness (QED) is 0.799.